The summed E-state index contributed by atoms with van der Waals surface area (Å²) >= 11 is 0. The first kappa shape index (κ1) is 16.4. The Hall–Kier alpha value is -0.980. The highest BCUT2D eigenvalue weighted by Gasteiger charge is 2.27. The minimum Gasteiger partial charge on any atom is -0.494 e. The van der Waals surface area contributed by atoms with Gasteiger partial charge >= 0.3 is 0 Å². The summed E-state index contributed by atoms with van der Waals surface area (Å²) in [6.45, 7) is 7.79. The smallest absolute Gasteiger partial charge is 0.119 e. The van der Waals surface area contributed by atoms with Gasteiger partial charge in [-0.2, -0.15) is 0 Å². The topological polar surface area (TPSA) is 9.23 Å². The largest absolute Gasteiger partial charge is 0.494 e. The summed E-state index contributed by atoms with van der Waals surface area (Å²) in [6, 6.07) is 8.91. The molecule has 3 unspecified atom stereocenters. The lowest BCUT2D eigenvalue weighted by Gasteiger charge is -2.34. The molecule has 1 aromatic carbocycles. The van der Waals surface area contributed by atoms with E-state index in [4.69, 9.17) is 4.74 Å². The van der Waals surface area contributed by atoms with Crippen LogP contribution in [0.15, 0.2) is 24.3 Å². The van der Waals surface area contributed by atoms with Gasteiger partial charge in [0, 0.05) is 0 Å². The van der Waals surface area contributed by atoms with Crippen LogP contribution in [0.5, 0.6) is 5.75 Å². The molecule has 118 valence electrons. The van der Waals surface area contributed by atoms with Crippen LogP contribution >= 0.6 is 0 Å². The molecular formula is C20H32O. The van der Waals surface area contributed by atoms with Gasteiger partial charge in [0.2, 0.25) is 0 Å². The molecule has 0 N–H and O–H groups in total. The Morgan fingerprint density at radius 2 is 1.81 bits per heavy atom. The minimum atomic E-state index is 0.753. The first-order valence-corrected chi connectivity index (χ1v) is 8.97. The van der Waals surface area contributed by atoms with Crippen molar-refractivity contribution in [3.63, 3.8) is 0 Å². The van der Waals surface area contributed by atoms with E-state index in [-0.39, 0.29) is 0 Å². The van der Waals surface area contributed by atoms with Crippen molar-refractivity contribution in [3.8, 4) is 5.75 Å². The first-order chi connectivity index (χ1) is 10.2. The summed E-state index contributed by atoms with van der Waals surface area (Å²) in [7, 11) is 0. The maximum atomic E-state index is 5.76. The molecule has 1 fully saturated rings. The molecule has 21 heavy (non-hydrogen) atoms. The van der Waals surface area contributed by atoms with Gasteiger partial charge in [0.25, 0.3) is 0 Å². The lowest BCUT2D eigenvalue weighted by atomic mass is 9.71. The second-order valence-corrected chi connectivity index (χ2v) is 6.82. The average molecular weight is 288 g/mol. The molecule has 2 rings (SSSR count). The van der Waals surface area contributed by atoms with Gasteiger partial charge in [-0.25, -0.2) is 0 Å². The predicted molar refractivity (Wildman–Crippen MR) is 91.0 cm³/mol. The fourth-order valence-electron chi connectivity index (χ4n) is 3.82. The van der Waals surface area contributed by atoms with Crippen molar-refractivity contribution in [2.45, 2.75) is 71.6 Å². The van der Waals surface area contributed by atoms with Crippen molar-refractivity contribution in [2.75, 3.05) is 6.61 Å². The highest BCUT2D eigenvalue weighted by atomic mass is 16.5. The third-order valence-corrected chi connectivity index (χ3v) is 5.05. The van der Waals surface area contributed by atoms with Crippen LogP contribution in [0.4, 0.5) is 0 Å². The molecule has 1 nitrogen and oxygen atoms in total. The Balaban J connectivity index is 1.90. The van der Waals surface area contributed by atoms with E-state index in [0.29, 0.717) is 0 Å². The zero-order valence-electron chi connectivity index (χ0n) is 14.1. The van der Waals surface area contributed by atoms with Crippen molar-refractivity contribution in [1.82, 2.24) is 0 Å². The molecule has 1 saturated carbocycles. The minimum absolute atomic E-state index is 0.753. The SMILES string of the molecule is CCCCOc1ccc(C2CCC(CCC)CC2C)cc1. The Morgan fingerprint density at radius 3 is 2.43 bits per heavy atom. The molecule has 1 aromatic rings. The van der Waals surface area contributed by atoms with Crippen LogP contribution < -0.4 is 4.74 Å². The zero-order valence-corrected chi connectivity index (χ0v) is 14.1. The molecule has 3 atom stereocenters. The second kappa shape index (κ2) is 8.46. The maximum absolute atomic E-state index is 5.76. The number of ether oxygens (including phenoxy) is 1. The van der Waals surface area contributed by atoms with E-state index in [9.17, 15) is 0 Å². The second-order valence-electron chi connectivity index (χ2n) is 6.82. The van der Waals surface area contributed by atoms with Crippen LogP contribution in [0.1, 0.15) is 77.2 Å². The van der Waals surface area contributed by atoms with Crippen LogP contribution in [0.3, 0.4) is 0 Å². The Kier molecular flexibility index (Phi) is 6.60. The van der Waals surface area contributed by atoms with Gasteiger partial charge < -0.3 is 4.74 Å². The Bertz CT molecular complexity index is 395. The molecule has 0 spiro atoms. The van der Waals surface area contributed by atoms with Gasteiger partial charge in [0.05, 0.1) is 6.61 Å². The van der Waals surface area contributed by atoms with Gasteiger partial charge in [0.15, 0.2) is 0 Å². The predicted octanol–water partition coefficient (Wildman–Crippen LogP) is 6.19. The lowest BCUT2D eigenvalue weighted by molar-refractivity contribution is 0.235. The van der Waals surface area contributed by atoms with Crippen LogP contribution in [0, 0.1) is 11.8 Å². The standard InChI is InChI=1S/C20H32O/c1-4-6-14-21-19-11-9-18(10-12-19)20-13-8-17(7-5-2)15-16(20)3/h9-12,16-17,20H,4-8,13-15H2,1-3H3. The quantitative estimate of drug-likeness (QED) is 0.544. The normalized spacial score (nSPS) is 25.8. The monoisotopic (exact) mass is 288 g/mol. The van der Waals surface area contributed by atoms with E-state index in [1.165, 1.54) is 44.1 Å². The summed E-state index contributed by atoms with van der Waals surface area (Å²) in [6.07, 6.45) is 9.27. The summed E-state index contributed by atoms with van der Waals surface area (Å²) in [5, 5.41) is 0. The molecule has 0 aliphatic heterocycles. The molecule has 1 aliphatic rings. The number of rotatable bonds is 7. The Labute approximate surface area is 131 Å². The third kappa shape index (κ3) is 4.76. The van der Waals surface area contributed by atoms with E-state index in [2.05, 4.69) is 45.0 Å². The fraction of sp³-hybridized carbons (Fsp3) is 0.700. The van der Waals surface area contributed by atoms with Crippen molar-refractivity contribution in [2.24, 2.45) is 11.8 Å². The highest BCUT2D eigenvalue weighted by molar-refractivity contribution is 5.30. The van der Waals surface area contributed by atoms with Crippen LogP contribution in [-0.2, 0) is 0 Å². The van der Waals surface area contributed by atoms with Crippen molar-refractivity contribution in [1.29, 1.82) is 0 Å². The molecule has 0 bridgehead atoms. The first-order valence-electron chi connectivity index (χ1n) is 8.97. The van der Waals surface area contributed by atoms with Crippen molar-refractivity contribution >= 4 is 0 Å². The lowest BCUT2D eigenvalue weighted by Crippen LogP contribution is -2.21. The third-order valence-electron chi connectivity index (χ3n) is 5.05. The summed E-state index contributed by atoms with van der Waals surface area (Å²) in [5.41, 5.74) is 1.51. The van der Waals surface area contributed by atoms with Gasteiger partial charge in [-0.05, 0) is 61.1 Å². The van der Waals surface area contributed by atoms with E-state index in [1.807, 2.05) is 0 Å². The zero-order chi connectivity index (χ0) is 15.1. The van der Waals surface area contributed by atoms with E-state index >= 15 is 0 Å². The average Bonchev–Trinajstić information content (AvgIpc) is 2.49. The number of unbranched alkanes of at least 4 members (excludes halogenated alkanes) is 1. The van der Waals surface area contributed by atoms with Crippen LogP contribution in [-0.4, -0.2) is 6.61 Å². The Morgan fingerprint density at radius 1 is 1.05 bits per heavy atom. The van der Waals surface area contributed by atoms with Gasteiger partial charge in [-0.3, -0.25) is 0 Å². The fourth-order valence-corrected chi connectivity index (χ4v) is 3.82. The summed E-state index contributed by atoms with van der Waals surface area (Å²) < 4.78 is 5.76. The molecular weight excluding hydrogens is 256 g/mol. The number of hydrogen-bond acceptors (Lipinski definition) is 1. The van der Waals surface area contributed by atoms with Crippen LogP contribution in [0.2, 0.25) is 0 Å². The summed E-state index contributed by atoms with van der Waals surface area (Å²) in [4.78, 5) is 0. The van der Waals surface area contributed by atoms with Gasteiger partial charge in [-0.1, -0.05) is 52.2 Å². The molecule has 0 heterocycles. The van der Waals surface area contributed by atoms with Crippen LogP contribution in [0.25, 0.3) is 0 Å². The van der Waals surface area contributed by atoms with Gasteiger partial charge in [0.1, 0.15) is 5.75 Å². The van der Waals surface area contributed by atoms with E-state index in [1.54, 1.807) is 0 Å². The highest BCUT2D eigenvalue weighted by Crippen LogP contribution is 2.41. The maximum Gasteiger partial charge on any atom is 0.119 e. The van der Waals surface area contributed by atoms with Crippen molar-refractivity contribution in [3.05, 3.63) is 29.8 Å². The van der Waals surface area contributed by atoms with E-state index < -0.39 is 0 Å². The number of benzene rings is 1. The molecule has 0 saturated heterocycles. The summed E-state index contributed by atoms with van der Waals surface area (Å²) in [5.74, 6) is 3.57. The molecule has 1 aliphatic carbocycles. The molecule has 0 aromatic heterocycles. The number of hydrogen-bond donors (Lipinski definition) is 0. The van der Waals surface area contributed by atoms with Gasteiger partial charge in [-0.15, -0.1) is 0 Å². The van der Waals surface area contributed by atoms with Crippen molar-refractivity contribution < 1.29 is 4.74 Å². The van der Waals surface area contributed by atoms with E-state index in [0.717, 1.165) is 36.5 Å². The molecule has 0 amide bonds. The molecule has 1 heteroatoms. The molecule has 0 radical (unpaired) electrons.